The molecule has 1 aromatic carbocycles. The van der Waals surface area contributed by atoms with Gasteiger partial charge in [-0.2, -0.15) is 0 Å². The summed E-state index contributed by atoms with van der Waals surface area (Å²) < 4.78 is 13.3. The van der Waals surface area contributed by atoms with E-state index >= 15 is 0 Å². The smallest absolute Gasteiger partial charge is 0.299 e. The van der Waals surface area contributed by atoms with Crippen LogP contribution in [0.5, 0.6) is 0 Å². The van der Waals surface area contributed by atoms with Gasteiger partial charge in [0.15, 0.2) is 0 Å². The summed E-state index contributed by atoms with van der Waals surface area (Å²) in [6.45, 7) is 3.84. The van der Waals surface area contributed by atoms with Gasteiger partial charge in [-0.1, -0.05) is 17.7 Å². The van der Waals surface area contributed by atoms with Crippen LogP contribution in [0.3, 0.4) is 0 Å². The largest absolute Gasteiger partial charge is 0.304 e. The highest BCUT2D eigenvalue weighted by Crippen LogP contribution is 2.33. The molecule has 0 saturated heterocycles. The van der Waals surface area contributed by atoms with Crippen LogP contribution in [0.1, 0.15) is 16.8 Å². The predicted octanol–water partition coefficient (Wildman–Crippen LogP) is 2.58. The number of hydrogen-bond acceptors (Lipinski definition) is 2. The molecule has 0 aliphatic carbocycles. The summed E-state index contributed by atoms with van der Waals surface area (Å²) in [4.78, 5) is 24.6. The van der Waals surface area contributed by atoms with E-state index in [1.807, 2.05) is 0 Å². The number of carbonyl (C=O) groups excluding carboxylic acids is 2. The van der Waals surface area contributed by atoms with E-state index in [-0.39, 0.29) is 16.3 Å². The second kappa shape index (κ2) is 4.30. The molecule has 0 aromatic heterocycles. The number of nitrogens with zero attached hydrogens (tertiary/aromatic N) is 1. The lowest BCUT2D eigenvalue weighted by molar-refractivity contribution is -0.114. The SMILES string of the molecule is C=CCCN1C(=O)C(=O)c2cc(Cl)c(F)cc21. The van der Waals surface area contributed by atoms with Gasteiger partial charge in [0.25, 0.3) is 11.7 Å². The van der Waals surface area contributed by atoms with Crippen molar-refractivity contribution in [3.63, 3.8) is 0 Å². The zero-order valence-corrected chi connectivity index (χ0v) is 9.63. The number of fused-ring (bicyclic) bond motifs is 1. The van der Waals surface area contributed by atoms with Gasteiger partial charge < -0.3 is 4.90 Å². The molecule has 0 saturated carbocycles. The normalized spacial score (nSPS) is 14.1. The van der Waals surface area contributed by atoms with Gasteiger partial charge in [0, 0.05) is 6.54 Å². The fourth-order valence-electron chi connectivity index (χ4n) is 1.73. The van der Waals surface area contributed by atoms with Crippen LogP contribution < -0.4 is 4.90 Å². The molecule has 0 N–H and O–H groups in total. The fraction of sp³-hybridized carbons (Fsp3) is 0.167. The lowest BCUT2D eigenvalue weighted by atomic mass is 10.1. The number of benzene rings is 1. The van der Waals surface area contributed by atoms with E-state index in [1.54, 1.807) is 6.08 Å². The van der Waals surface area contributed by atoms with Crippen molar-refractivity contribution in [1.82, 2.24) is 0 Å². The van der Waals surface area contributed by atoms with Gasteiger partial charge >= 0.3 is 0 Å². The quantitative estimate of drug-likeness (QED) is 0.613. The van der Waals surface area contributed by atoms with Crippen molar-refractivity contribution in [1.29, 1.82) is 0 Å². The Hall–Kier alpha value is -1.68. The van der Waals surface area contributed by atoms with E-state index in [4.69, 9.17) is 11.6 Å². The van der Waals surface area contributed by atoms with E-state index in [0.29, 0.717) is 13.0 Å². The van der Waals surface area contributed by atoms with Crippen LogP contribution in [0.25, 0.3) is 0 Å². The van der Waals surface area contributed by atoms with Crippen LogP contribution in [0, 0.1) is 5.82 Å². The number of hydrogen-bond donors (Lipinski definition) is 0. The summed E-state index contributed by atoms with van der Waals surface area (Å²) in [5.74, 6) is -1.94. The maximum absolute atomic E-state index is 13.3. The molecular formula is C12H9ClFNO2. The Morgan fingerprint density at radius 2 is 2.12 bits per heavy atom. The fourth-order valence-corrected chi connectivity index (χ4v) is 1.89. The average Bonchev–Trinajstić information content (AvgIpc) is 2.52. The summed E-state index contributed by atoms with van der Waals surface area (Å²) >= 11 is 5.58. The van der Waals surface area contributed by atoms with Crippen LogP contribution in [0.15, 0.2) is 24.8 Å². The average molecular weight is 254 g/mol. The first-order chi connectivity index (χ1) is 8.06. The van der Waals surface area contributed by atoms with Gasteiger partial charge in [-0.05, 0) is 18.6 Å². The molecule has 5 heteroatoms. The predicted molar refractivity (Wildman–Crippen MR) is 62.9 cm³/mol. The van der Waals surface area contributed by atoms with Crippen molar-refractivity contribution in [3.8, 4) is 0 Å². The van der Waals surface area contributed by atoms with E-state index in [9.17, 15) is 14.0 Å². The lowest BCUT2D eigenvalue weighted by Crippen LogP contribution is -2.30. The lowest BCUT2D eigenvalue weighted by Gasteiger charge is -2.15. The zero-order valence-electron chi connectivity index (χ0n) is 8.87. The third-order valence-corrected chi connectivity index (χ3v) is 2.86. The monoisotopic (exact) mass is 253 g/mol. The summed E-state index contributed by atoms with van der Waals surface area (Å²) in [5.41, 5.74) is 0.439. The number of ketones is 1. The topological polar surface area (TPSA) is 37.4 Å². The van der Waals surface area contributed by atoms with E-state index < -0.39 is 17.5 Å². The summed E-state index contributed by atoms with van der Waals surface area (Å²) in [7, 11) is 0. The standard InChI is InChI=1S/C12H9ClFNO2/c1-2-3-4-15-10-6-9(14)8(13)5-7(10)11(16)12(15)17/h2,5-6H,1,3-4H2. The van der Waals surface area contributed by atoms with Gasteiger partial charge in [0.2, 0.25) is 0 Å². The Morgan fingerprint density at radius 1 is 1.41 bits per heavy atom. The molecule has 0 bridgehead atoms. The van der Waals surface area contributed by atoms with E-state index in [0.717, 1.165) is 6.07 Å². The highest BCUT2D eigenvalue weighted by molar-refractivity contribution is 6.52. The Bertz CT molecular complexity index is 527. The van der Waals surface area contributed by atoms with Crippen LogP contribution in [-0.2, 0) is 4.79 Å². The molecule has 0 atom stereocenters. The molecule has 0 spiro atoms. The molecular weight excluding hydrogens is 245 g/mol. The Balaban J connectivity index is 2.48. The molecule has 1 aliphatic heterocycles. The molecule has 1 amide bonds. The van der Waals surface area contributed by atoms with Gasteiger partial charge in [0.05, 0.1) is 16.3 Å². The first kappa shape index (κ1) is 11.8. The molecule has 3 nitrogen and oxygen atoms in total. The third kappa shape index (κ3) is 1.85. The second-order valence-corrected chi connectivity index (χ2v) is 4.05. The number of carbonyl (C=O) groups is 2. The maximum atomic E-state index is 13.3. The van der Waals surface area contributed by atoms with E-state index in [1.165, 1.54) is 11.0 Å². The van der Waals surface area contributed by atoms with Crippen molar-refractivity contribution in [3.05, 3.63) is 41.2 Å². The number of rotatable bonds is 3. The van der Waals surface area contributed by atoms with E-state index in [2.05, 4.69) is 6.58 Å². The highest BCUT2D eigenvalue weighted by Gasteiger charge is 2.36. The van der Waals surface area contributed by atoms with Crippen LogP contribution in [-0.4, -0.2) is 18.2 Å². The second-order valence-electron chi connectivity index (χ2n) is 3.65. The van der Waals surface area contributed by atoms with Crippen molar-refractivity contribution in [2.45, 2.75) is 6.42 Å². The highest BCUT2D eigenvalue weighted by atomic mass is 35.5. The molecule has 2 rings (SSSR count). The summed E-state index contributed by atoms with van der Waals surface area (Å²) in [6.07, 6.45) is 2.16. The Labute approximate surface area is 102 Å². The van der Waals surface area contributed by atoms with Crippen molar-refractivity contribution >= 4 is 29.0 Å². The zero-order chi connectivity index (χ0) is 12.6. The molecule has 88 valence electrons. The number of Topliss-reactive ketones (excluding diaryl/α,β-unsaturated/α-hetero) is 1. The van der Waals surface area contributed by atoms with Gasteiger partial charge in [-0.25, -0.2) is 4.39 Å². The van der Waals surface area contributed by atoms with Crippen LogP contribution >= 0.6 is 11.6 Å². The molecule has 0 unspecified atom stereocenters. The first-order valence-electron chi connectivity index (χ1n) is 5.02. The molecule has 0 radical (unpaired) electrons. The molecule has 1 aliphatic rings. The van der Waals surface area contributed by atoms with Crippen LogP contribution in [0.2, 0.25) is 5.02 Å². The van der Waals surface area contributed by atoms with Crippen molar-refractivity contribution in [2.24, 2.45) is 0 Å². The molecule has 1 heterocycles. The Kier molecular flexibility index (Phi) is 2.98. The first-order valence-corrected chi connectivity index (χ1v) is 5.40. The number of amides is 1. The molecule has 0 fully saturated rings. The number of anilines is 1. The molecule has 17 heavy (non-hydrogen) atoms. The third-order valence-electron chi connectivity index (χ3n) is 2.57. The summed E-state index contributed by atoms with van der Waals surface area (Å²) in [6, 6.07) is 2.31. The number of halogens is 2. The van der Waals surface area contributed by atoms with Crippen LogP contribution in [0.4, 0.5) is 10.1 Å². The minimum Gasteiger partial charge on any atom is -0.304 e. The van der Waals surface area contributed by atoms with Crippen molar-refractivity contribution < 1.29 is 14.0 Å². The summed E-state index contributed by atoms with van der Waals surface area (Å²) in [5, 5.41) is -0.157. The maximum Gasteiger partial charge on any atom is 0.299 e. The van der Waals surface area contributed by atoms with Gasteiger partial charge in [-0.15, -0.1) is 6.58 Å². The minimum atomic E-state index is -0.650. The van der Waals surface area contributed by atoms with Gasteiger partial charge in [0.1, 0.15) is 5.82 Å². The Morgan fingerprint density at radius 3 is 2.76 bits per heavy atom. The minimum absolute atomic E-state index is 0.157. The van der Waals surface area contributed by atoms with Crippen molar-refractivity contribution in [2.75, 3.05) is 11.4 Å². The van der Waals surface area contributed by atoms with Gasteiger partial charge in [-0.3, -0.25) is 9.59 Å². The molecule has 1 aromatic rings.